The first-order valence-corrected chi connectivity index (χ1v) is 10.3. The zero-order valence-electron chi connectivity index (χ0n) is 16.6. The molecule has 0 fully saturated rings. The van der Waals surface area contributed by atoms with E-state index in [9.17, 15) is 9.59 Å². The number of anilines is 1. The van der Waals surface area contributed by atoms with E-state index in [0.29, 0.717) is 30.2 Å². The van der Waals surface area contributed by atoms with Gasteiger partial charge in [-0.05, 0) is 52.0 Å². The van der Waals surface area contributed by atoms with E-state index < -0.39 is 0 Å². The van der Waals surface area contributed by atoms with Crippen LogP contribution in [-0.2, 0) is 13.0 Å². The highest BCUT2D eigenvalue weighted by molar-refractivity contribution is 7.15. The van der Waals surface area contributed by atoms with E-state index >= 15 is 0 Å². The van der Waals surface area contributed by atoms with E-state index in [0.717, 1.165) is 16.3 Å². The highest BCUT2D eigenvalue weighted by atomic mass is 32.1. The Balaban J connectivity index is 1.64. The van der Waals surface area contributed by atoms with Crippen LogP contribution in [0, 0.1) is 0 Å². The van der Waals surface area contributed by atoms with Gasteiger partial charge in [-0.3, -0.25) is 10.1 Å². The van der Waals surface area contributed by atoms with E-state index in [1.54, 1.807) is 12.1 Å². The maximum absolute atomic E-state index is 12.8. The summed E-state index contributed by atoms with van der Waals surface area (Å²) in [6.45, 7) is 8.85. The molecule has 28 heavy (non-hydrogen) atoms. The fraction of sp³-hybridized carbons (Fsp3) is 0.450. The van der Waals surface area contributed by atoms with Crippen LogP contribution in [0.5, 0.6) is 5.75 Å². The van der Waals surface area contributed by atoms with Gasteiger partial charge in [0.15, 0.2) is 5.13 Å². The largest absolute Gasteiger partial charge is 0.491 e. The van der Waals surface area contributed by atoms with Crippen molar-refractivity contribution in [2.24, 2.45) is 0 Å². The third-order valence-corrected chi connectivity index (χ3v) is 5.13. The van der Waals surface area contributed by atoms with Gasteiger partial charge in [-0.15, -0.1) is 0 Å². The van der Waals surface area contributed by atoms with Crippen molar-refractivity contribution in [1.29, 1.82) is 0 Å². The van der Waals surface area contributed by atoms with Crippen molar-refractivity contribution in [3.05, 3.63) is 40.4 Å². The Kier molecular flexibility index (Phi) is 6.18. The Bertz CT molecular complexity index is 846. The lowest BCUT2D eigenvalue weighted by Gasteiger charge is -2.26. The number of urea groups is 1. The molecule has 0 radical (unpaired) electrons. The monoisotopic (exact) mass is 402 g/mol. The van der Waals surface area contributed by atoms with Crippen LogP contribution < -0.4 is 15.4 Å². The Morgan fingerprint density at radius 2 is 1.89 bits per heavy atom. The van der Waals surface area contributed by atoms with Crippen LogP contribution in [0.15, 0.2) is 24.3 Å². The van der Waals surface area contributed by atoms with Crippen LogP contribution in [0.2, 0.25) is 0 Å². The van der Waals surface area contributed by atoms with Crippen molar-refractivity contribution >= 4 is 28.4 Å². The molecular weight excluding hydrogens is 376 g/mol. The van der Waals surface area contributed by atoms with Crippen molar-refractivity contribution in [2.75, 3.05) is 11.9 Å². The van der Waals surface area contributed by atoms with Gasteiger partial charge in [0.05, 0.1) is 18.3 Å². The summed E-state index contributed by atoms with van der Waals surface area (Å²) in [5.41, 5.74) is 1.59. The summed E-state index contributed by atoms with van der Waals surface area (Å²) in [4.78, 5) is 32.0. The molecule has 1 aliphatic heterocycles. The highest BCUT2D eigenvalue weighted by Crippen LogP contribution is 2.29. The molecule has 1 aromatic heterocycles. The van der Waals surface area contributed by atoms with E-state index in [-0.39, 0.29) is 24.1 Å². The second-order valence-electron chi connectivity index (χ2n) is 7.31. The molecule has 2 N–H and O–H groups in total. The summed E-state index contributed by atoms with van der Waals surface area (Å²) in [6.07, 6.45) is 0.776. The molecule has 0 saturated carbocycles. The summed E-state index contributed by atoms with van der Waals surface area (Å²) in [6, 6.07) is 7.03. The van der Waals surface area contributed by atoms with Crippen molar-refractivity contribution in [3.8, 4) is 5.75 Å². The predicted octanol–water partition coefficient (Wildman–Crippen LogP) is 3.66. The SMILES string of the molecule is CC(C)NC(=O)Nc1nc2c(s1)CN(C(=O)c1ccc(OC(C)C)cc1)CC2. The topological polar surface area (TPSA) is 83.6 Å². The van der Waals surface area contributed by atoms with Gasteiger partial charge in [0.1, 0.15) is 5.75 Å². The molecule has 0 unspecified atom stereocenters. The number of fused-ring (bicyclic) bond motifs is 1. The standard InChI is InChI=1S/C20H26N4O3S/c1-12(2)21-19(26)23-20-22-16-9-10-24(11-17(16)28-20)18(25)14-5-7-15(8-6-14)27-13(3)4/h5-8,12-13H,9-11H2,1-4H3,(H2,21,22,23,26). The molecule has 2 aromatic rings. The number of aromatic nitrogens is 1. The number of benzene rings is 1. The van der Waals surface area contributed by atoms with E-state index in [1.165, 1.54) is 11.3 Å². The lowest BCUT2D eigenvalue weighted by atomic mass is 10.1. The normalized spacial score (nSPS) is 13.4. The molecule has 3 amide bonds. The quantitative estimate of drug-likeness (QED) is 0.799. The fourth-order valence-electron chi connectivity index (χ4n) is 2.95. The molecule has 0 bridgehead atoms. The van der Waals surface area contributed by atoms with Gasteiger partial charge in [-0.2, -0.15) is 0 Å². The van der Waals surface area contributed by atoms with E-state index in [2.05, 4.69) is 15.6 Å². The average molecular weight is 403 g/mol. The van der Waals surface area contributed by atoms with Gasteiger partial charge < -0.3 is 15.0 Å². The minimum absolute atomic E-state index is 0.0118. The number of rotatable bonds is 5. The van der Waals surface area contributed by atoms with Crippen LogP contribution in [0.1, 0.15) is 48.6 Å². The minimum Gasteiger partial charge on any atom is -0.491 e. The summed E-state index contributed by atoms with van der Waals surface area (Å²) in [7, 11) is 0. The predicted molar refractivity (Wildman–Crippen MR) is 110 cm³/mol. The number of carbonyl (C=O) groups is 2. The number of nitrogens with zero attached hydrogens (tertiary/aromatic N) is 2. The molecule has 0 aliphatic carbocycles. The number of hydrogen-bond acceptors (Lipinski definition) is 5. The van der Waals surface area contributed by atoms with Gasteiger partial charge in [0.25, 0.3) is 5.91 Å². The zero-order valence-corrected chi connectivity index (χ0v) is 17.4. The molecule has 0 saturated heterocycles. The van der Waals surface area contributed by atoms with Crippen LogP contribution in [0.3, 0.4) is 0 Å². The van der Waals surface area contributed by atoms with Crippen molar-refractivity contribution in [2.45, 2.75) is 52.8 Å². The van der Waals surface area contributed by atoms with Crippen LogP contribution >= 0.6 is 11.3 Å². The molecule has 8 heteroatoms. The maximum Gasteiger partial charge on any atom is 0.321 e. The highest BCUT2D eigenvalue weighted by Gasteiger charge is 2.25. The first-order valence-electron chi connectivity index (χ1n) is 9.44. The first kappa shape index (κ1) is 20.1. The molecule has 1 aliphatic rings. The number of carbonyl (C=O) groups excluding carboxylic acids is 2. The number of ether oxygens (including phenoxy) is 1. The Labute approximate surface area is 169 Å². The van der Waals surface area contributed by atoms with Gasteiger partial charge >= 0.3 is 6.03 Å². The maximum atomic E-state index is 12.8. The summed E-state index contributed by atoms with van der Waals surface area (Å²) in [5, 5.41) is 6.11. The molecule has 7 nitrogen and oxygen atoms in total. The second-order valence-corrected chi connectivity index (χ2v) is 8.39. The smallest absolute Gasteiger partial charge is 0.321 e. The summed E-state index contributed by atoms with van der Waals surface area (Å²) in [5.74, 6) is 0.743. The second kappa shape index (κ2) is 8.60. The average Bonchev–Trinajstić information content (AvgIpc) is 3.01. The van der Waals surface area contributed by atoms with Crippen LogP contribution in [-0.4, -0.2) is 40.5 Å². The third-order valence-electron chi connectivity index (χ3n) is 4.13. The van der Waals surface area contributed by atoms with Gasteiger partial charge in [0.2, 0.25) is 0 Å². The van der Waals surface area contributed by atoms with E-state index in [4.69, 9.17) is 4.74 Å². The molecule has 1 aromatic carbocycles. The van der Waals surface area contributed by atoms with Gasteiger partial charge in [0, 0.05) is 29.4 Å². The number of thiazole rings is 1. The molecule has 2 heterocycles. The van der Waals surface area contributed by atoms with E-state index in [1.807, 2.05) is 44.7 Å². The number of nitrogens with one attached hydrogen (secondary N) is 2. The van der Waals surface area contributed by atoms with Gasteiger partial charge in [-0.25, -0.2) is 9.78 Å². The lowest BCUT2D eigenvalue weighted by molar-refractivity contribution is 0.0736. The summed E-state index contributed by atoms with van der Waals surface area (Å²) >= 11 is 1.42. The van der Waals surface area contributed by atoms with Crippen molar-refractivity contribution in [3.63, 3.8) is 0 Å². The van der Waals surface area contributed by atoms with Crippen LogP contribution in [0.25, 0.3) is 0 Å². The summed E-state index contributed by atoms with van der Waals surface area (Å²) < 4.78 is 5.63. The molecular formula is C20H26N4O3S. The Hall–Kier alpha value is -2.61. The third kappa shape index (κ3) is 5.01. The van der Waals surface area contributed by atoms with Crippen LogP contribution in [0.4, 0.5) is 9.93 Å². The molecule has 0 atom stereocenters. The number of hydrogen-bond donors (Lipinski definition) is 2. The molecule has 150 valence electrons. The number of amides is 3. The molecule has 0 spiro atoms. The lowest BCUT2D eigenvalue weighted by Crippen LogP contribution is -2.35. The van der Waals surface area contributed by atoms with Crippen molar-refractivity contribution in [1.82, 2.24) is 15.2 Å². The molecule has 3 rings (SSSR count). The minimum atomic E-state index is -0.266. The Morgan fingerprint density at radius 1 is 1.18 bits per heavy atom. The fourth-order valence-corrected chi connectivity index (χ4v) is 3.97. The zero-order chi connectivity index (χ0) is 20.3. The first-order chi connectivity index (χ1) is 13.3. The van der Waals surface area contributed by atoms with Gasteiger partial charge in [-0.1, -0.05) is 11.3 Å². The van der Waals surface area contributed by atoms with Crippen molar-refractivity contribution < 1.29 is 14.3 Å². The Morgan fingerprint density at radius 3 is 2.54 bits per heavy atom.